The summed E-state index contributed by atoms with van der Waals surface area (Å²) in [4.78, 5) is 28.9. The van der Waals surface area contributed by atoms with Gasteiger partial charge in [-0.15, -0.1) is 0 Å². The molecule has 40 heavy (non-hydrogen) atoms. The average molecular weight is 556 g/mol. The fraction of sp³-hybridized carbons (Fsp3) is 0.345. The maximum absolute atomic E-state index is 14.9. The molecule has 1 unspecified atom stereocenters. The Hall–Kier alpha value is -4.09. The van der Waals surface area contributed by atoms with Gasteiger partial charge in [0.2, 0.25) is 0 Å². The Morgan fingerprint density at radius 1 is 1.07 bits per heavy atom. The lowest BCUT2D eigenvalue weighted by Crippen LogP contribution is -2.44. The number of benzene rings is 2. The second kappa shape index (κ2) is 12.8. The first-order valence-corrected chi connectivity index (χ1v) is 13.0. The molecular weight excluding hydrogens is 524 g/mol. The number of hydrogen-bond acceptors (Lipinski definition) is 7. The van der Waals surface area contributed by atoms with Crippen molar-refractivity contribution in [3.63, 3.8) is 0 Å². The second-order valence-corrected chi connectivity index (χ2v) is 9.56. The van der Waals surface area contributed by atoms with Crippen molar-refractivity contribution in [1.29, 1.82) is 0 Å². The number of aromatic nitrogens is 1. The van der Waals surface area contributed by atoms with Crippen LogP contribution in [0.4, 0.5) is 8.78 Å². The molecular formula is C29H31F2N3O6. The van der Waals surface area contributed by atoms with Crippen LogP contribution in [0.5, 0.6) is 17.5 Å². The van der Waals surface area contributed by atoms with Gasteiger partial charge in [0.05, 0.1) is 0 Å². The van der Waals surface area contributed by atoms with E-state index in [0.29, 0.717) is 31.1 Å². The molecule has 9 nitrogen and oxygen atoms in total. The number of rotatable bonds is 11. The highest BCUT2D eigenvalue weighted by atomic mass is 19.1. The van der Waals surface area contributed by atoms with E-state index in [1.165, 1.54) is 0 Å². The van der Waals surface area contributed by atoms with Gasteiger partial charge in [-0.3, -0.25) is 9.69 Å². The number of carboxylic acid groups (broad SMARTS) is 2. The molecule has 11 heteroatoms. The lowest BCUT2D eigenvalue weighted by Gasteiger charge is -2.33. The van der Waals surface area contributed by atoms with Gasteiger partial charge in [-0.25, -0.2) is 13.6 Å². The summed E-state index contributed by atoms with van der Waals surface area (Å²) in [5.41, 5.74) is 8.81. The Bertz CT molecular complexity index is 1390. The van der Waals surface area contributed by atoms with E-state index in [0.717, 1.165) is 29.5 Å². The number of ether oxygens (including phenoxy) is 2. The summed E-state index contributed by atoms with van der Waals surface area (Å²) in [6.07, 6.45) is 0.781. The summed E-state index contributed by atoms with van der Waals surface area (Å²) in [5.74, 6) is -5.67. The molecule has 0 spiro atoms. The van der Waals surface area contributed by atoms with Gasteiger partial charge in [-0.2, -0.15) is 4.98 Å². The molecule has 0 bridgehead atoms. The van der Waals surface area contributed by atoms with Crippen molar-refractivity contribution >= 4 is 11.9 Å². The normalized spacial score (nSPS) is 16.4. The van der Waals surface area contributed by atoms with E-state index in [9.17, 15) is 28.6 Å². The molecule has 1 saturated heterocycles. The van der Waals surface area contributed by atoms with Crippen LogP contribution in [-0.4, -0.2) is 50.7 Å². The maximum atomic E-state index is 14.9. The zero-order valence-corrected chi connectivity index (χ0v) is 22.0. The number of carboxylic acids is 2. The van der Waals surface area contributed by atoms with E-state index >= 15 is 0 Å². The predicted molar refractivity (Wildman–Crippen MR) is 142 cm³/mol. The number of hydrogen-bond donors (Lipinski definition) is 3. The maximum Gasteiger partial charge on any atom is 0.344 e. The molecule has 0 saturated carbocycles. The number of nitrogens with two attached hydrogens (primary N) is 1. The summed E-state index contributed by atoms with van der Waals surface area (Å²) in [7, 11) is 0. The van der Waals surface area contributed by atoms with Crippen molar-refractivity contribution in [2.75, 3.05) is 6.54 Å². The van der Waals surface area contributed by atoms with Crippen molar-refractivity contribution in [1.82, 2.24) is 9.88 Å². The Balaban J connectivity index is 1.74. The number of aliphatic carboxylic acids is 2. The summed E-state index contributed by atoms with van der Waals surface area (Å²) < 4.78 is 40.4. The van der Waals surface area contributed by atoms with E-state index in [1.54, 1.807) is 19.1 Å². The van der Waals surface area contributed by atoms with Crippen LogP contribution < -0.4 is 15.2 Å². The fourth-order valence-electron chi connectivity index (χ4n) is 4.65. The molecule has 2 atom stereocenters. The van der Waals surface area contributed by atoms with Crippen LogP contribution in [0.2, 0.25) is 0 Å². The summed E-state index contributed by atoms with van der Waals surface area (Å²) in [6, 6.07) is 12.7. The summed E-state index contributed by atoms with van der Waals surface area (Å²) in [6.45, 7) is 2.65. The minimum Gasteiger partial charge on any atom is -0.480 e. The van der Waals surface area contributed by atoms with Crippen LogP contribution in [0.1, 0.15) is 43.7 Å². The molecule has 2 heterocycles. The lowest BCUT2D eigenvalue weighted by molar-refractivity contribution is -0.146. The molecule has 1 fully saturated rings. The van der Waals surface area contributed by atoms with Crippen molar-refractivity contribution in [2.45, 2.75) is 57.8 Å². The van der Waals surface area contributed by atoms with Gasteiger partial charge in [-0.1, -0.05) is 43.7 Å². The van der Waals surface area contributed by atoms with Gasteiger partial charge >= 0.3 is 11.9 Å². The molecule has 0 radical (unpaired) electrons. The minimum absolute atomic E-state index is 0.0264. The quantitative estimate of drug-likeness (QED) is 0.300. The highest BCUT2D eigenvalue weighted by molar-refractivity contribution is 5.74. The summed E-state index contributed by atoms with van der Waals surface area (Å²) in [5, 5.41) is 19.0. The molecule has 1 aliphatic rings. The van der Waals surface area contributed by atoms with Crippen LogP contribution >= 0.6 is 0 Å². The van der Waals surface area contributed by atoms with Crippen LogP contribution in [0.25, 0.3) is 11.1 Å². The predicted octanol–water partition coefficient (Wildman–Crippen LogP) is 4.96. The van der Waals surface area contributed by atoms with Crippen molar-refractivity contribution in [3.05, 3.63) is 71.3 Å². The number of likely N-dealkylation sites (tertiary alicyclic amines) is 1. The van der Waals surface area contributed by atoms with Gasteiger partial charge in [0.25, 0.3) is 11.8 Å². The number of carbonyl (C=O) groups is 2. The van der Waals surface area contributed by atoms with Crippen LogP contribution in [0, 0.1) is 11.6 Å². The molecule has 1 aliphatic heterocycles. The topological polar surface area (TPSA) is 135 Å². The van der Waals surface area contributed by atoms with Crippen molar-refractivity contribution in [3.8, 4) is 28.6 Å². The van der Waals surface area contributed by atoms with Crippen LogP contribution in [-0.2, 0) is 22.7 Å². The van der Waals surface area contributed by atoms with Gasteiger partial charge < -0.3 is 25.4 Å². The number of pyridine rings is 1. The van der Waals surface area contributed by atoms with Crippen LogP contribution in [0.15, 0.2) is 48.5 Å². The largest absolute Gasteiger partial charge is 0.480 e. The summed E-state index contributed by atoms with van der Waals surface area (Å²) >= 11 is 0. The third kappa shape index (κ3) is 6.72. The fourth-order valence-corrected chi connectivity index (χ4v) is 4.65. The molecule has 0 aliphatic carbocycles. The third-order valence-electron chi connectivity index (χ3n) is 6.81. The lowest BCUT2D eigenvalue weighted by atomic mass is 9.98. The Kier molecular flexibility index (Phi) is 9.28. The molecule has 212 valence electrons. The van der Waals surface area contributed by atoms with E-state index in [1.807, 2.05) is 35.2 Å². The van der Waals surface area contributed by atoms with E-state index < -0.39 is 47.5 Å². The van der Waals surface area contributed by atoms with Crippen molar-refractivity contribution in [2.24, 2.45) is 5.73 Å². The van der Waals surface area contributed by atoms with Crippen LogP contribution in [0.3, 0.4) is 0 Å². The van der Waals surface area contributed by atoms with Crippen molar-refractivity contribution < 1.29 is 38.1 Å². The SMILES string of the molecule is CC[C@@H](Oc1nc(Oc2cc(-c3cccc(CN)c3)ccc2CN2CCCCC2C(=O)O)c(F)cc1F)C(=O)O. The van der Waals surface area contributed by atoms with Gasteiger partial charge in [0.15, 0.2) is 17.7 Å². The van der Waals surface area contributed by atoms with E-state index in [4.69, 9.17) is 15.2 Å². The Labute approximate surface area is 230 Å². The minimum atomic E-state index is -1.39. The molecule has 3 aromatic rings. The first-order chi connectivity index (χ1) is 19.2. The highest BCUT2D eigenvalue weighted by Crippen LogP contribution is 2.35. The highest BCUT2D eigenvalue weighted by Gasteiger charge is 2.29. The molecule has 4 N–H and O–H groups in total. The Morgan fingerprint density at radius 3 is 2.52 bits per heavy atom. The zero-order valence-electron chi connectivity index (χ0n) is 22.0. The number of halogens is 2. The first-order valence-electron chi connectivity index (χ1n) is 13.0. The van der Waals surface area contributed by atoms with E-state index in [-0.39, 0.29) is 18.7 Å². The first kappa shape index (κ1) is 28.9. The molecule has 0 amide bonds. The number of piperidine rings is 1. The third-order valence-corrected chi connectivity index (χ3v) is 6.81. The molecule has 2 aromatic carbocycles. The molecule has 1 aromatic heterocycles. The smallest absolute Gasteiger partial charge is 0.344 e. The van der Waals surface area contributed by atoms with Gasteiger partial charge in [-0.05, 0) is 54.6 Å². The standard InChI is InChI=1S/C29H31F2N3O6/c1-2-24(29(37)38)39-26-21(30)14-22(31)27(33-26)40-25-13-19(18-7-5-6-17(12-18)15-32)9-10-20(25)16-34-11-4-3-8-23(34)28(35)36/h5-7,9-10,12-14,23-24H,2-4,8,11,15-16,32H2,1H3,(H,35,36)(H,37,38)/t23?,24-/m1/s1. The van der Waals surface area contributed by atoms with Gasteiger partial charge in [0, 0.05) is 24.7 Å². The average Bonchev–Trinajstić information content (AvgIpc) is 2.94. The second-order valence-electron chi connectivity index (χ2n) is 9.56. The monoisotopic (exact) mass is 555 g/mol. The zero-order chi connectivity index (χ0) is 28.8. The number of nitrogens with zero attached hydrogens (tertiary/aromatic N) is 2. The van der Waals surface area contributed by atoms with E-state index in [2.05, 4.69) is 4.98 Å². The molecule has 4 rings (SSSR count). The van der Waals surface area contributed by atoms with Gasteiger partial charge in [0.1, 0.15) is 11.8 Å². The Morgan fingerprint density at radius 2 is 1.82 bits per heavy atom.